The van der Waals surface area contributed by atoms with Crippen LogP contribution in [0.3, 0.4) is 0 Å². The second kappa shape index (κ2) is 9.75. The van der Waals surface area contributed by atoms with Crippen molar-refractivity contribution in [3.05, 3.63) is 0 Å². The van der Waals surface area contributed by atoms with E-state index in [0.717, 1.165) is 32.1 Å². The SMILES string of the molecule is CC[Si](CC)(CC)OC(C)(C)CC[C@@H]1C[C@@H](I)CCCC(=O)O1. The van der Waals surface area contributed by atoms with Gasteiger partial charge in [0.05, 0.1) is 5.60 Å². The molecule has 3 nitrogen and oxygen atoms in total. The van der Waals surface area contributed by atoms with Crippen LogP contribution in [0.5, 0.6) is 0 Å². The van der Waals surface area contributed by atoms with Crippen molar-refractivity contribution < 1.29 is 14.0 Å². The molecule has 0 aromatic heterocycles. The Kier molecular flexibility index (Phi) is 9.08. The van der Waals surface area contributed by atoms with Gasteiger partial charge in [-0.25, -0.2) is 0 Å². The molecule has 0 aromatic rings. The van der Waals surface area contributed by atoms with E-state index in [1.165, 1.54) is 18.1 Å². The molecule has 136 valence electrons. The van der Waals surface area contributed by atoms with E-state index in [1.54, 1.807) is 0 Å². The molecule has 1 aliphatic heterocycles. The molecule has 0 bridgehead atoms. The minimum Gasteiger partial charge on any atom is -0.462 e. The number of esters is 1. The molecule has 1 aliphatic rings. The predicted octanol–water partition coefficient (Wildman–Crippen LogP) is 5.86. The van der Waals surface area contributed by atoms with Crippen molar-refractivity contribution in [1.82, 2.24) is 0 Å². The van der Waals surface area contributed by atoms with Crippen LogP contribution in [0.4, 0.5) is 0 Å². The van der Waals surface area contributed by atoms with Gasteiger partial charge in [-0.05, 0) is 64.1 Å². The van der Waals surface area contributed by atoms with Gasteiger partial charge in [-0.1, -0.05) is 43.4 Å². The summed E-state index contributed by atoms with van der Waals surface area (Å²) in [6.45, 7) is 11.2. The molecule has 0 spiro atoms. The van der Waals surface area contributed by atoms with Crippen molar-refractivity contribution in [3.8, 4) is 0 Å². The molecule has 0 saturated carbocycles. The van der Waals surface area contributed by atoms with Crippen LogP contribution in [0.15, 0.2) is 0 Å². The fourth-order valence-corrected chi connectivity index (χ4v) is 7.67. The number of alkyl halides is 1. The zero-order chi connectivity index (χ0) is 17.5. The van der Waals surface area contributed by atoms with E-state index in [4.69, 9.17) is 9.16 Å². The molecule has 1 rings (SSSR count). The lowest BCUT2D eigenvalue weighted by Crippen LogP contribution is -2.44. The highest BCUT2D eigenvalue weighted by Crippen LogP contribution is 2.32. The van der Waals surface area contributed by atoms with Crippen LogP contribution in [0.1, 0.15) is 73.1 Å². The fraction of sp³-hybridized carbons (Fsp3) is 0.944. The molecule has 5 heteroatoms. The summed E-state index contributed by atoms with van der Waals surface area (Å²) in [6, 6.07) is 3.53. The first kappa shape index (κ1) is 21.4. The molecule has 1 fully saturated rings. The number of hydrogen-bond donors (Lipinski definition) is 0. The third kappa shape index (κ3) is 7.42. The maximum absolute atomic E-state index is 11.8. The zero-order valence-electron chi connectivity index (χ0n) is 15.6. The Morgan fingerprint density at radius 2 is 1.87 bits per heavy atom. The van der Waals surface area contributed by atoms with Gasteiger partial charge in [-0.15, -0.1) is 0 Å². The van der Waals surface area contributed by atoms with Gasteiger partial charge in [0.25, 0.3) is 0 Å². The normalized spacial score (nSPS) is 24.0. The lowest BCUT2D eigenvalue weighted by molar-refractivity contribution is -0.151. The topological polar surface area (TPSA) is 35.5 Å². The van der Waals surface area contributed by atoms with E-state index in [0.29, 0.717) is 10.3 Å². The average Bonchev–Trinajstić information content (AvgIpc) is 2.49. The maximum Gasteiger partial charge on any atom is 0.306 e. The first-order valence-corrected chi connectivity index (χ1v) is 13.1. The number of carbonyl (C=O) groups is 1. The van der Waals surface area contributed by atoms with Crippen LogP contribution in [-0.4, -0.2) is 29.9 Å². The molecule has 0 aliphatic carbocycles. The predicted molar refractivity (Wildman–Crippen MR) is 108 cm³/mol. The lowest BCUT2D eigenvalue weighted by Gasteiger charge is -2.39. The van der Waals surface area contributed by atoms with Crippen LogP contribution < -0.4 is 0 Å². The molecule has 1 heterocycles. The van der Waals surface area contributed by atoms with Crippen LogP contribution >= 0.6 is 22.6 Å². The second-order valence-electron chi connectivity index (χ2n) is 7.48. The molecule has 0 unspecified atom stereocenters. The number of hydrogen-bond acceptors (Lipinski definition) is 3. The van der Waals surface area contributed by atoms with Crippen LogP contribution in [-0.2, 0) is 14.0 Å². The smallest absolute Gasteiger partial charge is 0.306 e. The Bertz CT molecular complexity index is 361. The van der Waals surface area contributed by atoms with E-state index < -0.39 is 8.32 Å². The third-order valence-corrected chi connectivity index (χ3v) is 11.2. The maximum atomic E-state index is 11.8. The van der Waals surface area contributed by atoms with Gasteiger partial charge in [0.2, 0.25) is 0 Å². The van der Waals surface area contributed by atoms with Gasteiger partial charge in [0.1, 0.15) is 6.10 Å². The average molecular weight is 454 g/mol. The Morgan fingerprint density at radius 1 is 1.26 bits per heavy atom. The molecule has 0 aromatic carbocycles. The summed E-state index contributed by atoms with van der Waals surface area (Å²) in [7, 11) is -1.59. The summed E-state index contributed by atoms with van der Waals surface area (Å²) in [5, 5.41) is 0. The van der Waals surface area contributed by atoms with E-state index in [-0.39, 0.29) is 17.7 Å². The van der Waals surface area contributed by atoms with Gasteiger partial charge in [-0.2, -0.15) is 0 Å². The Labute approximate surface area is 157 Å². The first-order chi connectivity index (χ1) is 10.8. The van der Waals surface area contributed by atoms with Gasteiger partial charge in [0, 0.05) is 10.3 Å². The van der Waals surface area contributed by atoms with Crippen LogP contribution in [0, 0.1) is 0 Å². The molecular formula is C18H35IO3Si. The van der Waals surface area contributed by atoms with Crippen molar-refractivity contribution in [1.29, 1.82) is 0 Å². The lowest BCUT2D eigenvalue weighted by atomic mass is 9.97. The monoisotopic (exact) mass is 454 g/mol. The summed E-state index contributed by atoms with van der Waals surface area (Å²) in [6.07, 6.45) is 5.60. The highest BCUT2D eigenvalue weighted by molar-refractivity contribution is 14.1. The standard InChI is InChI=1S/C18H35IO3Si/c1-6-23(7-2,8-3)22-18(4,5)13-12-16-14-15(19)10-9-11-17(20)21-16/h15-16H,6-14H2,1-5H3/t15-,16+/m0/s1. The van der Waals surface area contributed by atoms with Crippen molar-refractivity contribution in [2.45, 2.75) is 107 Å². The zero-order valence-corrected chi connectivity index (χ0v) is 18.8. The molecule has 23 heavy (non-hydrogen) atoms. The van der Waals surface area contributed by atoms with Crippen molar-refractivity contribution in [2.75, 3.05) is 0 Å². The van der Waals surface area contributed by atoms with Gasteiger partial charge in [-0.3, -0.25) is 4.79 Å². The van der Waals surface area contributed by atoms with Crippen LogP contribution in [0.2, 0.25) is 18.1 Å². The number of carbonyl (C=O) groups excluding carboxylic acids is 1. The van der Waals surface area contributed by atoms with E-state index in [1.807, 2.05) is 0 Å². The minimum absolute atomic E-state index is 0.0172. The third-order valence-electron chi connectivity index (χ3n) is 5.21. The summed E-state index contributed by atoms with van der Waals surface area (Å²) in [5.41, 5.74) is -0.121. The number of ether oxygens (including phenoxy) is 1. The summed E-state index contributed by atoms with van der Waals surface area (Å²) in [4.78, 5) is 11.8. The van der Waals surface area contributed by atoms with Gasteiger partial charge in [0.15, 0.2) is 8.32 Å². The summed E-state index contributed by atoms with van der Waals surface area (Å²) < 4.78 is 13.0. The molecule has 2 atom stereocenters. The molecule has 0 N–H and O–H groups in total. The number of rotatable bonds is 8. The summed E-state index contributed by atoms with van der Waals surface area (Å²) >= 11 is 2.51. The van der Waals surface area contributed by atoms with Crippen molar-refractivity contribution in [3.63, 3.8) is 0 Å². The summed E-state index contributed by atoms with van der Waals surface area (Å²) in [5.74, 6) is -0.0172. The van der Waals surface area contributed by atoms with E-state index in [9.17, 15) is 4.79 Å². The highest BCUT2D eigenvalue weighted by atomic mass is 127. The van der Waals surface area contributed by atoms with Crippen molar-refractivity contribution in [2.24, 2.45) is 0 Å². The Morgan fingerprint density at radius 3 is 2.43 bits per heavy atom. The first-order valence-electron chi connectivity index (χ1n) is 9.29. The number of cyclic esters (lactones) is 1. The second-order valence-corrected chi connectivity index (χ2v) is 13.9. The number of halogens is 1. The highest BCUT2D eigenvalue weighted by Gasteiger charge is 2.36. The van der Waals surface area contributed by atoms with E-state index >= 15 is 0 Å². The van der Waals surface area contributed by atoms with E-state index in [2.05, 4.69) is 57.2 Å². The fourth-order valence-electron chi connectivity index (χ4n) is 3.45. The largest absolute Gasteiger partial charge is 0.462 e. The minimum atomic E-state index is -1.59. The molecule has 1 saturated heterocycles. The Hall–Kier alpha value is 0.377. The quantitative estimate of drug-likeness (QED) is 0.200. The van der Waals surface area contributed by atoms with Crippen molar-refractivity contribution >= 4 is 36.9 Å². The molecular weight excluding hydrogens is 419 g/mol. The van der Waals surface area contributed by atoms with Crippen LogP contribution in [0.25, 0.3) is 0 Å². The Balaban J connectivity index is 2.60. The van der Waals surface area contributed by atoms with Gasteiger partial charge < -0.3 is 9.16 Å². The molecule has 0 amide bonds. The molecule has 0 radical (unpaired) electrons. The van der Waals surface area contributed by atoms with Gasteiger partial charge >= 0.3 is 5.97 Å².